The molecule has 29 heteroatoms. The Balaban J connectivity index is 0.674. The first-order valence-electron chi connectivity index (χ1n) is 34.6. The third-order valence-corrected chi connectivity index (χ3v) is 20.6. The van der Waals surface area contributed by atoms with Crippen molar-refractivity contribution in [2.45, 2.75) is 176 Å². The largest absolute Gasteiger partial charge is 0.479 e. The molecule has 9 unspecified atom stereocenters. The van der Waals surface area contributed by atoms with E-state index in [9.17, 15) is 68.4 Å². The number of aromatic nitrogens is 1. The number of imide groups is 1. The van der Waals surface area contributed by atoms with Crippen LogP contribution in [0.15, 0.2) is 103 Å². The van der Waals surface area contributed by atoms with Crippen LogP contribution in [0.1, 0.15) is 148 Å². The molecule has 544 valence electrons. The maximum absolute atomic E-state index is 14.5. The van der Waals surface area contributed by atoms with Gasteiger partial charge in [0.2, 0.25) is 35.8 Å². The van der Waals surface area contributed by atoms with Crippen molar-refractivity contribution >= 4 is 127 Å². The number of unbranched alkanes of at least 4 members (excludes halogenated alkanes) is 2. The maximum Gasteiger partial charge on any atom is 0.411 e. The number of carbonyl (C=O) groups excluding carboxylic acids is 9. The van der Waals surface area contributed by atoms with Gasteiger partial charge in [0.1, 0.15) is 48.4 Å². The lowest BCUT2D eigenvalue weighted by Crippen LogP contribution is -2.61. The lowest BCUT2D eigenvalue weighted by atomic mass is 9.95. The van der Waals surface area contributed by atoms with Gasteiger partial charge in [0.05, 0.1) is 10.9 Å². The number of nitrogens with two attached hydrogens (primary N) is 1. The second kappa shape index (κ2) is 35.0. The molecule has 1 saturated carbocycles. The molecule has 3 fully saturated rings. The summed E-state index contributed by atoms with van der Waals surface area (Å²) in [5.74, 6) is -4.71. The molecule has 9 atom stereocenters. The molecule has 1 aromatic heterocycles. The molecule has 0 bridgehead atoms. The van der Waals surface area contributed by atoms with Gasteiger partial charge in [0.15, 0.2) is 6.10 Å². The second-order valence-electron chi connectivity index (χ2n) is 26.5. The Hall–Kier alpha value is -9.32. The lowest BCUT2D eigenvalue weighted by molar-refractivity contribution is -0.270. The lowest BCUT2D eigenvalue weighted by Gasteiger charge is -2.38. The summed E-state index contributed by atoms with van der Waals surface area (Å²) in [6.45, 7) is 3.98. The van der Waals surface area contributed by atoms with Crippen molar-refractivity contribution < 1.29 is 82.6 Å². The van der Waals surface area contributed by atoms with Gasteiger partial charge >= 0.3 is 18.1 Å². The summed E-state index contributed by atoms with van der Waals surface area (Å²) in [5.41, 5.74) is 9.14. The smallest absolute Gasteiger partial charge is 0.411 e. The van der Waals surface area contributed by atoms with Crippen molar-refractivity contribution in [3.8, 4) is 5.75 Å². The zero-order valence-corrected chi connectivity index (χ0v) is 58.2. The number of nitrogens with zero attached hydrogens (tertiary/aromatic N) is 2. The highest BCUT2D eigenvalue weighted by molar-refractivity contribution is 8.01. The highest BCUT2D eigenvalue weighted by atomic mass is 35.5. The fraction of sp³-hybridized carbons (Fsp3) is 0.452. The van der Waals surface area contributed by atoms with E-state index in [2.05, 4.69) is 36.9 Å². The summed E-state index contributed by atoms with van der Waals surface area (Å²) >= 11 is 8.20. The van der Waals surface area contributed by atoms with Crippen LogP contribution in [0, 0.1) is 5.92 Å². The number of halogens is 1. The van der Waals surface area contributed by atoms with Gasteiger partial charge in [-0.2, -0.15) is 0 Å². The van der Waals surface area contributed by atoms with E-state index >= 15 is 0 Å². The number of rotatable bonds is 28. The number of H-pyrrole nitrogens is 1. The van der Waals surface area contributed by atoms with E-state index in [0.29, 0.717) is 81.0 Å². The van der Waals surface area contributed by atoms with Crippen LogP contribution >= 0.6 is 23.4 Å². The number of aliphatic hydroxyl groups excluding tert-OH is 3. The van der Waals surface area contributed by atoms with Crippen LogP contribution in [0.2, 0.25) is 0 Å². The molecule has 6 aromatic rings. The molecule has 4 heterocycles. The van der Waals surface area contributed by atoms with E-state index < -0.39 is 84.5 Å². The van der Waals surface area contributed by atoms with Crippen LogP contribution < -0.4 is 47.3 Å². The highest BCUT2D eigenvalue weighted by Gasteiger charge is 2.49. The number of alkyl halides is 1. The fourth-order valence-corrected chi connectivity index (χ4v) is 15.0. The van der Waals surface area contributed by atoms with Crippen LogP contribution in [0.4, 0.5) is 32.3 Å². The summed E-state index contributed by atoms with van der Waals surface area (Å²) in [4.78, 5) is 137. The number of thioether (sulfide) groups is 1. The number of ether oxygens (including phenoxy) is 3. The Kier molecular flexibility index (Phi) is 25.9. The van der Waals surface area contributed by atoms with E-state index in [-0.39, 0.29) is 103 Å². The number of fused-ring (bicyclic) bond motifs is 4. The third-order valence-electron chi connectivity index (χ3n) is 18.7. The summed E-state index contributed by atoms with van der Waals surface area (Å²) < 4.78 is 17.0. The minimum absolute atomic E-state index is 0.0987. The van der Waals surface area contributed by atoms with Crippen LogP contribution in [0.25, 0.3) is 21.7 Å². The van der Waals surface area contributed by atoms with Gasteiger partial charge in [0.25, 0.3) is 11.8 Å². The second-order valence-corrected chi connectivity index (χ2v) is 28.3. The monoisotopic (exact) mass is 1440 g/mol. The van der Waals surface area contributed by atoms with Gasteiger partial charge in [-0.1, -0.05) is 95.2 Å². The van der Waals surface area contributed by atoms with E-state index in [1.807, 2.05) is 6.07 Å². The van der Waals surface area contributed by atoms with Crippen LogP contribution in [-0.2, 0) is 44.8 Å². The number of hydrogen-bond acceptors (Lipinski definition) is 17. The Labute approximate surface area is 598 Å². The molecule has 3 aliphatic heterocycles. The number of aliphatic hydroxyl groups is 3. The Morgan fingerprint density at radius 1 is 0.755 bits per heavy atom. The van der Waals surface area contributed by atoms with Crippen LogP contribution in [0.5, 0.6) is 5.75 Å². The molecule has 0 spiro atoms. The first-order valence-corrected chi connectivity index (χ1v) is 36.0. The number of likely N-dealkylation sites (tertiary alicyclic amines) is 1. The molecule has 5 aromatic carbocycles. The molecule has 1 aliphatic carbocycles. The summed E-state index contributed by atoms with van der Waals surface area (Å²) in [6.07, 6.45) is 1.59. The summed E-state index contributed by atoms with van der Waals surface area (Å²) in [5, 5.41) is 59.4. The van der Waals surface area contributed by atoms with Crippen molar-refractivity contribution in [2.75, 3.05) is 46.4 Å². The SMILES string of the molecule is CC(C)C(NC(=O)CCCCCN1C(=O)CC(SC2CCCCCCCC2)C1=O)C(=O)NC(CCCNC(N)=O)C(=O)Nc1ccc(COC(=O)Nc2ccc(C(=O)Nc3ccc4[nH]c(C(=O)N5CC(CCl)c6c5cc(OC5OC(C(=O)O)C(O)C(O)C5O)c5ccccc65)cc4c3)cc2)cc1. The van der Waals surface area contributed by atoms with E-state index in [0.717, 1.165) is 31.2 Å². The first kappa shape index (κ1) is 75.3. The number of urea groups is 1. The summed E-state index contributed by atoms with van der Waals surface area (Å²) in [7, 11) is 0. The van der Waals surface area contributed by atoms with Gasteiger partial charge in [0, 0.05) is 94.5 Å². The summed E-state index contributed by atoms with van der Waals surface area (Å²) in [6, 6.07) is 25.0. The molecular formula is C73H87ClN10O17S. The van der Waals surface area contributed by atoms with Gasteiger partial charge in [-0.3, -0.25) is 43.8 Å². The zero-order valence-electron chi connectivity index (χ0n) is 56.7. The number of anilines is 4. The number of amides is 10. The number of hydrogen-bond donors (Lipinski definition) is 12. The number of carboxylic acid groups (broad SMARTS) is 1. The molecular weight excluding hydrogens is 1360 g/mol. The topological polar surface area (TPSA) is 400 Å². The van der Waals surface area contributed by atoms with Crippen molar-refractivity contribution in [1.82, 2.24) is 25.8 Å². The number of nitrogens with one attached hydrogen (secondary N) is 7. The standard InChI is InChI=1S/C73H87ClN10O17S/c1-40(2)60(82-57(85)20-10-7-13-32-83-58(86)36-56(69(83)94)102-48-15-8-5-3-4-6-9-16-48)67(92)81-52(19-14-31-76-72(75)97)66(91)77-45-25-21-41(22-26-45)39-99-73(98)79-46-27-23-42(24-28-46)65(90)78-47-29-30-51-43(33-47)34-53(80-51)68(93)84-38-44(37-74)59-50-18-12-11-17-49(50)55(35-54(59)84)100-71-63(89)61(87)62(88)64(101-71)70(95)96/h11-12,17-18,21-30,33-35,40,44,48,52,56,60-64,71,80,87-89H,3-10,13-16,19-20,31-32,36-39H2,1-2H3,(H,77,91)(H,78,90)(H,79,98)(H,81,92)(H,82,85)(H,95,96)(H3,75,76,97). The fourth-order valence-electron chi connectivity index (χ4n) is 13.2. The quantitative estimate of drug-likeness (QED) is 0.0124. The van der Waals surface area contributed by atoms with E-state index in [1.54, 1.807) is 98.4 Å². The predicted molar refractivity (Wildman–Crippen MR) is 383 cm³/mol. The van der Waals surface area contributed by atoms with Gasteiger partial charge in [-0.15, -0.1) is 23.4 Å². The average molecular weight is 1440 g/mol. The van der Waals surface area contributed by atoms with Gasteiger partial charge < -0.3 is 76.8 Å². The van der Waals surface area contributed by atoms with Crippen molar-refractivity contribution in [1.29, 1.82) is 0 Å². The molecule has 10 rings (SSSR count). The normalized spacial score (nSPS) is 20.7. The number of aromatic amines is 1. The molecule has 27 nitrogen and oxygen atoms in total. The third kappa shape index (κ3) is 19.0. The molecule has 102 heavy (non-hydrogen) atoms. The van der Waals surface area contributed by atoms with Crippen molar-refractivity contribution in [2.24, 2.45) is 11.7 Å². The van der Waals surface area contributed by atoms with Crippen molar-refractivity contribution in [3.63, 3.8) is 0 Å². The Morgan fingerprint density at radius 3 is 2.14 bits per heavy atom. The number of carbonyl (C=O) groups is 10. The van der Waals surface area contributed by atoms with Gasteiger partial charge in [-0.05, 0) is 122 Å². The highest BCUT2D eigenvalue weighted by Crippen LogP contribution is 2.47. The number of primary amides is 1. The molecule has 13 N–H and O–H groups in total. The number of benzene rings is 5. The minimum atomic E-state index is -1.93. The average Bonchev–Trinajstić information content (AvgIpc) is 1.54. The zero-order chi connectivity index (χ0) is 72.7. The Bertz CT molecular complexity index is 4040. The minimum Gasteiger partial charge on any atom is -0.479 e. The number of aliphatic carboxylic acids is 1. The van der Waals surface area contributed by atoms with Crippen LogP contribution in [0.3, 0.4) is 0 Å². The predicted octanol–water partition coefficient (Wildman–Crippen LogP) is 8.51. The van der Waals surface area contributed by atoms with Crippen molar-refractivity contribution in [3.05, 3.63) is 126 Å². The maximum atomic E-state index is 14.5. The van der Waals surface area contributed by atoms with Gasteiger partial charge in [-0.25, -0.2) is 14.4 Å². The number of carboxylic acids is 1. The van der Waals surface area contributed by atoms with Crippen LogP contribution in [-0.4, -0.2) is 169 Å². The van der Waals surface area contributed by atoms with E-state index in [1.165, 1.54) is 59.7 Å². The van der Waals surface area contributed by atoms with E-state index in [4.69, 9.17) is 31.5 Å². The molecule has 2 saturated heterocycles. The molecule has 0 radical (unpaired) electrons. The molecule has 4 aliphatic rings. The molecule has 10 amide bonds. The Morgan fingerprint density at radius 2 is 1.44 bits per heavy atom. The first-order chi connectivity index (χ1) is 49.0.